The number of rotatable bonds is 4. The first kappa shape index (κ1) is 11.5. The maximum absolute atomic E-state index is 11.4. The van der Waals surface area contributed by atoms with Gasteiger partial charge >= 0.3 is 0 Å². The van der Waals surface area contributed by atoms with Crippen LogP contribution in [0.2, 0.25) is 0 Å². The third-order valence-corrected chi connectivity index (χ3v) is 2.96. The summed E-state index contributed by atoms with van der Waals surface area (Å²) in [6.07, 6.45) is 1.15. The standard InChI is InChI=1S/C10H21N3O/c1-3-12-10(14)7-13-5-4-8(2)9(13)6-11/h8-9H,3-7,11H2,1-2H3,(H,12,14). The van der Waals surface area contributed by atoms with E-state index in [9.17, 15) is 4.79 Å². The molecule has 14 heavy (non-hydrogen) atoms. The van der Waals surface area contributed by atoms with Crippen LogP contribution in [-0.2, 0) is 4.79 Å². The number of likely N-dealkylation sites (tertiary alicyclic amines) is 1. The number of nitrogens with zero attached hydrogens (tertiary/aromatic N) is 1. The molecule has 4 heteroatoms. The molecule has 0 aromatic carbocycles. The molecule has 0 radical (unpaired) electrons. The summed E-state index contributed by atoms with van der Waals surface area (Å²) in [5.41, 5.74) is 5.69. The third kappa shape index (κ3) is 2.69. The molecule has 1 aliphatic rings. The lowest BCUT2D eigenvalue weighted by Gasteiger charge is -2.24. The van der Waals surface area contributed by atoms with Crippen LogP contribution in [0.4, 0.5) is 0 Å². The summed E-state index contributed by atoms with van der Waals surface area (Å²) < 4.78 is 0. The molecule has 0 aliphatic carbocycles. The van der Waals surface area contributed by atoms with E-state index in [0.717, 1.165) is 13.0 Å². The summed E-state index contributed by atoms with van der Waals surface area (Å²) in [6.45, 7) is 7.00. The Morgan fingerprint density at radius 1 is 1.64 bits per heavy atom. The maximum atomic E-state index is 11.4. The number of carbonyl (C=O) groups is 1. The molecule has 1 fully saturated rings. The van der Waals surface area contributed by atoms with Gasteiger partial charge in [0.2, 0.25) is 5.91 Å². The SMILES string of the molecule is CCNC(=O)CN1CCC(C)C1CN. The molecule has 0 aromatic rings. The fraction of sp³-hybridized carbons (Fsp3) is 0.900. The first-order valence-corrected chi connectivity index (χ1v) is 5.39. The Morgan fingerprint density at radius 3 is 2.93 bits per heavy atom. The van der Waals surface area contributed by atoms with Gasteiger partial charge in [0.15, 0.2) is 0 Å². The number of likely N-dealkylation sites (N-methyl/N-ethyl adjacent to an activating group) is 1. The van der Waals surface area contributed by atoms with Crippen LogP contribution in [0.5, 0.6) is 0 Å². The van der Waals surface area contributed by atoms with E-state index in [1.54, 1.807) is 0 Å². The van der Waals surface area contributed by atoms with Crippen molar-refractivity contribution < 1.29 is 4.79 Å². The van der Waals surface area contributed by atoms with Crippen LogP contribution >= 0.6 is 0 Å². The van der Waals surface area contributed by atoms with Crippen molar-refractivity contribution in [2.75, 3.05) is 26.2 Å². The molecule has 2 atom stereocenters. The average molecular weight is 199 g/mol. The lowest BCUT2D eigenvalue weighted by Crippen LogP contribution is -2.44. The highest BCUT2D eigenvalue weighted by atomic mass is 16.2. The second-order valence-corrected chi connectivity index (χ2v) is 3.99. The summed E-state index contributed by atoms with van der Waals surface area (Å²) in [6, 6.07) is 0.387. The topological polar surface area (TPSA) is 58.4 Å². The predicted molar refractivity (Wildman–Crippen MR) is 56.9 cm³/mol. The number of hydrogen-bond donors (Lipinski definition) is 2. The molecule has 0 spiro atoms. The molecule has 4 nitrogen and oxygen atoms in total. The molecular weight excluding hydrogens is 178 g/mol. The van der Waals surface area contributed by atoms with Crippen LogP contribution in [-0.4, -0.2) is 43.0 Å². The summed E-state index contributed by atoms with van der Waals surface area (Å²) in [5.74, 6) is 0.731. The minimum atomic E-state index is 0.111. The van der Waals surface area contributed by atoms with E-state index in [0.29, 0.717) is 31.6 Å². The molecule has 2 unspecified atom stereocenters. The van der Waals surface area contributed by atoms with Gasteiger partial charge in [0.05, 0.1) is 6.54 Å². The Bertz CT molecular complexity index is 196. The highest BCUT2D eigenvalue weighted by Crippen LogP contribution is 2.22. The monoisotopic (exact) mass is 199 g/mol. The molecule has 0 saturated carbocycles. The number of hydrogen-bond acceptors (Lipinski definition) is 3. The van der Waals surface area contributed by atoms with Crippen molar-refractivity contribution >= 4 is 5.91 Å². The molecular formula is C10H21N3O. The van der Waals surface area contributed by atoms with E-state index in [2.05, 4.69) is 17.1 Å². The van der Waals surface area contributed by atoms with E-state index in [-0.39, 0.29) is 5.91 Å². The third-order valence-electron chi connectivity index (χ3n) is 2.96. The van der Waals surface area contributed by atoms with Gasteiger partial charge in [-0.3, -0.25) is 9.69 Å². The van der Waals surface area contributed by atoms with Crippen molar-refractivity contribution in [1.29, 1.82) is 0 Å². The lowest BCUT2D eigenvalue weighted by atomic mass is 10.0. The minimum absolute atomic E-state index is 0.111. The molecule has 1 saturated heterocycles. The van der Waals surface area contributed by atoms with Crippen LogP contribution in [0.25, 0.3) is 0 Å². The van der Waals surface area contributed by atoms with Crippen LogP contribution in [0, 0.1) is 5.92 Å². The number of carbonyl (C=O) groups excluding carboxylic acids is 1. The van der Waals surface area contributed by atoms with Crippen LogP contribution < -0.4 is 11.1 Å². The van der Waals surface area contributed by atoms with Gasteiger partial charge in [-0.25, -0.2) is 0 Å². The summed E-state index contributed by atoms with van der Waals surface area (Å²) in [5, 5.41) is 2.81. The quantitative estimate of drug-likeness (QED) is 0.659. The van der Waals surface area contributed by atoms with Crippen molar-refractivity contribution in [2.24, 2.45) is 11.7 Å². The van der Waals surface area contributed by atoms with E-state index in [1.165, 1.54) is 0 Å². The summed E-state index contributed by atoms with van der Waals surface area (Å²) in [7, 11) is 0. The van der Waals surface area contributed by atoms with E-state index < -0.39 is 0 Å². The summed E-state index contributed by atoms with van der Waals surface area (Å²) >= 11 is 0. The van der Waals surface area contributed by atoms with Crippen LogP contribution in [0.3, 0.4) is 0 Å². The second-order valence-electron chi connectivity index (χ2n) is 3.99. The molecule has 1 aliphatic heterocycles. The Balaban J connectivity index is 2.40. The van der Waals surface area contributed by atoms with Crippen LogP contribution in [0.15, 0.2) is 0 Å². The van der Waals surface area contributed by atoms with E-state index in [4.69, 9.17) is 5.73 Å². The van der Waals surface area contributed by atoms with Crippen LogP contribution in [0.1, 0.15) is 20.3 Å². The minimum Gasteiger partial charge on any atom is -0.355 e. The Hall–Kier alpha value is -0.610. The second kappa shape index (κ2) is 5.32. The van der Waals surface area contributed by atoms with Crippen molar-refractivity contribution in [3.8, 4) is 0 Å². The molecule has 0 aromatic heterocycles. The molecule has 1 rings (SSSR count). The number of nitrogens with two attached hydrogens (primary N) is 1. The highest BCUT2D eigenvalue weighted by Gasteiger charge is 2.30. The zero-order valence-corrected chi connectivity index (χ0v) is 9.12. The fourth-order valence-electron chi connectivity index (χ4n) is 2.10. The van der Waals surface area contributed by atoms with Crippen molar-refractivity contribution in [2.45, 2.75) is 26.3 Å². The van der Waals surface area contributed by atoms with E-state index in [1.807, 2.05) is 6.92 Å². The van der Waals surface area contributed by atoms with Gasteiger partial charge in [-0.05, 0) is 25.8 Å². The number of amides is 1. The van der Waals surface area contributed by atoms with Gasteiger partial charge in [0.1, 0.15) is 0 Å². The van der Waals surface area contributed by atoms with Gasteiger partial charge in [-0.15, -0.1) is 0 Å². The smallest absolute Gasteiger partial charge is 0.234 e. The first-order chi connectivity index (χ1) is 6.69. The molecule has 82 valence electrons. The first-order valence-electron chi connectivity index (χ1n) is 5.39. The van der Waals surface area contributed by atoms with Gasteiger partial charge in [0.25, 0.3) is 0 Å². The summed E-state index contributed by atoms with van der Waals surface area (Å²) in [4.78, 5) is 13.6. The van der Waals surface area contributed by atoms with Gasteiger partial charge in [-0.2, -0.15) is 0 Å². The fourth-order valence-corrected chi connectivity index (χ4v) is 2.10. The Labute approximate surface area is 85.8 Å². The average Bonchev–Trinajstić information content (AvgIpc) is 2.47. The molecule has 0 bridgehead atoms. The largest absolute Gasteiger partial charge is 0.355 e. The number of nitrogens with one attached hydrogen (secondary N) is 1. The lowest BCUT2D eigenvalue weighted by molar-refractivity contribution is -0.122. The molecule has 3 N–H and O–H groups in total. The molecule has 1 amide bonds. The zero-order valence-electron chi connectivity index (χ0n) is 9.12. The predicted octanol–water partition coefficient (Wildman–Crippen LogP) is -0.208. The van der Waals surface area contributed by atoms with Gasteiger partial charge in [-0.1, -0.05) is 6.92 Å². The van der Waals surface area contributed by atoms with E-state index >= 15 is 0 Å². The van der Waals surface area contributed by atoms with Crippen molar-refractivity contribution in [3.63, 3.8) is 0 Å². The Kier molecular flexibility index (Phi) is 4.35. The molecule has 1 heterocycles. The van der Waals surface area contributed by atoms with Gasteiger partial charge in [0, 0.05) is 19.1 Å². The van der Waals surface area contributed by atoms with Crippen molar-refractivity contribution in [1.82, 2.24) is 10.2 Å². The van der Waals surface area contributed by atoms with Crippen molar-refractivity contribution in [3.05, 3.63) is 0 Å². The van der Waals surface area contributed by atoms with Gasteiger partial charge < -0.3 is 11.1 Å². The normalized spacial score (nSPS) is 27.9. The highest BCUT2D eigenvalue weighted by molar-refractivity contribution is 5.78. The maximum Gasteiger partial charge on any atom is 0.234 e. The Morgan fingerprint density at radius 2 is 2.36 bits per heavy atom. The zero-order chi connectivity index (χ0) is 10.6.